The fourth-order valence-electron chi connectivity index (χ4n) is 1.38. The summed E-state index contributed by atoms with van der Waals surface area (Å²) in [6.45, 7) is -0.536. The van der Waals surface area contributed by atoms with Gasteiger partial charge in [-0.1, -0.05) is 6.07 Å². The van der Waals surface area contributed by atoms with Crippen LogP contribution in [-0.4, -0.2) is 30.9 Å². The molecule has 0 saturated carbocycles. The van der Waals surface area contributed by atoms with Crippen LogP contribution in [0.5, 0.6) is 0 Å². The van der Waals surface area contributed by atoms with E-state index in [4.69, 9.17) is 5.11 Å². The van der Waals surface area contributed by atoms with Crippen molar-refractivity contribution >= 4 is 5.69 Å². The van der Waals surface area contributed by atoms with Crippen molar-refractivity contribution in [3.63, 3.8) is 0 Å². The lowest BCUT2D eigenvalue weighted by atomic mass is 10.1. The number of aliphatic hydroxyl groups excluding tert-OH is 2. The van der Waals surface area contributed by atoms with E-state index in [2.05, 4.69) is 0 Å². The predicted octanol–water partition coefficient (Wildman–Crippen LogP) is 1.06. The summed E-state index contributed by atoms with van der Waals surface area (Å²) in [7, 11) is 3.07. The number of rotatable bonds is 3. The molecule has 0 saturated heterocycles. The first-order chi connectivity index (χ1) is 6.99. The topological polar surface area (TPSA) is 43.7 Å². The molecule has 0 aliphatic heterocycles. The third kappa shape index (κ3) is 2.24. The summed E-state index contributed by atoms with van der Waals surface area (Å²) in [6.07, 6.45) is -1.21. The van der Waals surface area contributed by atoms with Crippen molar-refractivity contribution in [3.05, 3.63) is 29.3 Å². The van der Waals surface area contributed by atoms with Gasteiger partial charge in [-0.05, 0) is 6.07 Å². The van der Waals surface area contributed by atoms with Crippen LogP contribution in [-0.2, 0) is 0 Å². The van der Waals surface area contributed by atoms with E-state index in [1.54, 1.807) is 0 Å². The van der Waals surface area contributed by atoms with Crippen LogP contribution in [0, 0.1) is 11.6 Å². The van der Waals surface area contributed by atoms with Crippen LogP contribution in [0.15, 0.2) is 12.1 Å². The smallest absolute Gasteiger partial charge is 0.182 e. The van der Waals surface area contributed by atoms with Gasteiger partial charge in [0.1, 0.15) is 6.10 Å². The molecule has 84 valence electrons. The maximum Gasteiger partial charge on any atom is 0.182 e. The Labute approximate surface area is 86.6 Å². The summed E-state index contributed by atoms with van der Waals surface area (Å²) >= 11 is 0. The summed E-state index contributed by atoms with van der Waals surface area (Å²) in [5.74, 6) is -2.00. The molecule has 0 heterocycles. The van der Waals surface area contributed by atoms with E-state index < -0.39 is 24.3 Å². The van der Waals surface area contributed by atoms with Gasteiger partial charge in [0.15, 0.2) is 11.6 Å². The Morgan fingerprint density at radius 1 is 1.33 bits per heavy atom. The quantitative estimate of drug-likeness (QED) is 0.795. The number of nitrogens with zero attached hydrogens (tertiary/aromatic N) is 1. The molecule has 1 unspecified atom stereocenters. The molecule has 0 radical (unpaired) electrons. The SMILES string of the molecule is CN(C)c1c(C(O)CO)ccc(F)c1F. The van der Waals surface area contributed by atoms with Crippen molar-refractivity contribution in [2.75, 3.05) is 25.6 Å². The molecule has 1 rings (SSSR count). The van der Waals surface area contributed by atoms with Gasteiger partial charge in [-0.25, -0.2) is 8.78 Å². The average Bonchev–Trinajstić information content (AvgIpc) is 2.20. The molecule has 0 amide bonds. The van der Waals surface area contributed by atoms with Crippen molar-refractivity contribution in [2.45, 2.75) is 6.10 Å². The van der Waals surface area contributed by atoms with Gasteiger partial charge in [0.05, 0.1) is 12.3 Å². The number of hydrogen-bond donors (Lipinski definition) is 2. The van der Waals surface area contributed by atoms with E-state index in [0.717, 1.165) is 6.07 Å². The molecule has 15 heavy (non-hydrogen) atoms. The standard InChI is InChI=1S/C10H13F2NO2/c1-13(2)10-6(8(15)5-14)3-4-7(11)9(10)12/h3-4,8,14-15H,5H2,1-2H3. The monoisotopic (exact) mass is 217 g/mol. The summed E-state index contributed by atoms with van der Waals surface area (Å²) in [4.78, 5) is 1.35. The highest BCUT2D eigenvalue weighted by Crippen LogP contribution is 2.29. The molecule has 0 fully saturated rings. The molecular weight excluding hydrogens is 204 g/mol. The Kier molecular flexibility index (Phi) is 3.60. The largest absolute Gasteiger partial charge is 0.393 e. The fraction of sp³-hybridized carbons (Fsp3) is 0.400. The Balaban J connectivity index is 3.33. The number of aliphatic hydroxyl groups is 2. The summed E-state index contributed by atoms with van der Waals surface area (Å²) in [6, 6.07) is 2.19. The van der Waals surface area contributed by atoms with E-state index in [1.807, 2.05) is 0 Å². The van der Waals surface area contributed by atoms with Gasteiger partial charge < -0.3 is 15.1 Å². The summed E-state index contributed by atoms with van der Waals surface area (Å²) < 4.78 is 26.3. The highest BCUT2D eigenvalue weighted by Gasteiger charge is 2.19. The second-order valence-corrected chi connectivity index (χ2v) is 3.39. The molecule has 0 bridgehead atoms. The lowest BCUT2D eigenvalue weighted by Crippen LogP contribution is -2.17. The minimum absolute atomic E-state index is 0.0449. The van der Waals surface area contributed by atoms with Gasteiger partial charge in [-0.3, -0.25) is 0 Å². The zero-order valence-corrected chi connectivity index (χ0v) is 8.54. The van der Waals surface area contributed by atoms with E-state index in [0.29, 0.717) is 0 Å². The van der Waals surface area contributed by atoms with E-state index in [9.17, 15) is 13.9 Å². The first kappa shape index (κ1) is 11.9. The molecule has 0 spiro atoms. The normalized spacial score (nSPS) is 12.7. The Bertz CT molecular complexity index is 356. The first-order valence-electron chi connectivity index (χ1n) is 4.43. The van der Waals surface area contributed by atoms with Crippen LogP contribution >= 0.6 is 0 Å². The molecule has 5 heteroatoms. The molecule has 3 nitrogen and oxygen atoms in total. The van der Waals surface area contributed by atoms with Crippen LogP contribution < -0.4 is 4.90 Å². The molecule has 0 aliphatic rings. The minimum Gasteiger partial charge on any atom is -0.393 e. The summed E-state index contributed by atoms with van der Waals surface area (Å²) in [5, 5.41) is 18.2. The van der Waals surface area contributed by atoms with Crippen LogP contribution in [0.2, 0.25) is 0 Å². The van der Waals surface area contributed by atoms with Gasteiger partial charge in [-0.2, -0.15) is 0 Å². The molecule has 2 N–H and O–H groups in total. The maximum absolute atomic E-state index is 13.4. The minimum atomic E-state index is -1.21. The highest BCUT2D eigenvalue weighted by atomic mass is 19.2. The van der Waals surface area contributed by atoms with Crippen molar-refractivity contribution in [1.29, 1.82) is 0 Å². The number of halogens is 2. The average molecular weight is 217 g/mol. The third-order valence-electron chi connectivity index (χ3n) is 2.08. The highest BCUT2D eigenvalue weighted by molar-refractivity contribution is 5.55. The van der Waals surface area contributed by atoms with Crippen molar-refractivity contribution in [3.8, 4) is 0 Å². The first-order valence-corrected chi connectivity index (χ1v) is 4.43. The van der Waals surface area contributed by atoms with Gasteiger partial charge >= 0.3 is 0 Å². The lowest BCUT2D eigenvalue weighted by molar-refractivity contribution is 0.0956. The van der Waals surface area contributed by atoms with Crippen LogP contribution in [0.1, 0.15) is 11.7 Å². The van der Waals surface area contributed by atoms with Crippen LogP contribution in [0.25, 0.3) is 0 Å². The molecular formula is C10H13F2NO2. The van der Waals surface area contributed by atoms with Crippen molar-refractivity contribution < 1.29 is 19.0 Å². The lowest BCUT2D eigenvalue weighted by Gasteiger charge is -2.20. The third-order valence-corrected chi connectivity index (χ3v) is 2.08. The molecule has 1 atom stereocenters. The molecule has 1 aromatic rings. The van der Waals surface area contributed by atoms with Gasteiger partial charge in [0.25, 0.3) is 0 Å². The zero-order valence-electron chi connectivity index (χ0n) is 8.54. The van der Waals surface area contributed by atoms with Gasteiger partial charge in [0.2, 0.25) is 0 Å². The molecule has 1 aromatic carbocycles. The second kappa shape index (κ2) is 4.55. The van der Waals surface area contributed by atoms with Gasteiger partial charge in [0, 0.05) is 19.7 Å². The van der Waals surface area contributed by atoms with Crippen molar-refractivity contribution in [1.82, 2.24) is 0 Å². The number of benzene rings is 1. The van der Waals surface area contributed by atoms with Crippen molar-refractivity contribution in [2.24, 2.45) is 0 Å². The molecule has 0 aliphatic carbocycles. The number of hydrogen-bond acceptors (Lipinski definition) is 3. The maximum atomic E-state index is 13.4. The van der Waals surface area contributed by atoms with Crippen LogP contribution in [0.4, 0.5) is 14.5 Å². The Morgan fingerprint density at radius 3 is 2.40 bits per heavy atom. The molecule has 0 aromatic heterocycles. The van der Waals surface area contributed by atoms with E-state index in [1.165, 1.54) is 25.1 Å². The zero-order chi connectivity index (χ0) is 11.6. The van der Waals surface area contributed by atoms with E-state index >= 15 is 0 Å². The van der Waals surface area contributed by atoms with E-state index in [-0.39, 0.29) is 11.3 Å². The van der Waals surface area contributed by atoms with Gasteiger partial charge in [-0.15, -0.1) is 0 Å². The Hall–Kier alpha value is -1.20. The Morgan fingerprint density at radius 2 is 1.93 bits per heavy atom. The number of anilines is 1. The second-order valence-electron chi connectivity index (χ2n) is 3.39. The fourth-order valence-corrected chi connectivity index (χ4v) is 1.38. The van der Waals surface area contributed by atoms with Crippen LogP contribution in [0.3, 0.4) is 0 Å². The predicted molar refractivity (Wildman–Crippen MR) is 52.7 cm³/mol. The summed E-state index contributed by atoms with van der Waals surface area (Å²) in [5.41, 5.74) is 0.123.